The second kappa shape index (κ2) is 14.2. The highest BCUT2D eigenvalue weighted by molar-refractivity contribution is 6.09. The molecule has 0 atom stereocenters. The van der Waals surface area contributed by atoms with E-state index in [2.05, 4.69) is 168 Å². The highest BCUT2D eigenvalue weighted by Gasteiger charge is 2.48. The Hall–Kier alpha value is -8.61. The van der Waals surface area contributed by atoms with E-state index in [-0.39, 0.29) is 0 Å². The average Bonchev–Trinajstić information content (AvgIpc) is 3.87. The van der Waals surface area contributed by atoms with Crippen LogP contribution in [0.1, 0.15) is 22.3 Å². The molecule has 11 aromatic rings. The summed E-state index contributed by atoms with van der Waals surface area (Å²) in [5.74, 6) is 4.06. The van der Waals surface area contributed by atoms with Gasteiger partial charge >= 0.3 is 0 Å². The molecule has 6 nitrogen and oxygen atoms in total. The third-order valence-electron chi connectivity index (χ3n) is 12.8. The van der Waals surface area contributed by atoms with Crippen LogP contribution < -0.4 is 9.47 Å². The number of hydrogen-bond acceptors (Lipinski definition) is 5. The Morgan fingerprint density at radius 1 is 0.359 bits per heavy atom. The van der Waals surface area contributed by atoms with E-state index in [4.69, 9.17) is 24.4 Å². The topological polar surface area (TPSA) is 62.1 Å². The summed E-state index contributed by atoms with van der Waals surface area (Å²) in [5.41, 5.74) is 12.1. The van der Waals surface area contributed by atoms with Gasteiger partial charge in [0.15, 0.2) is 40.5 Å². The summed E-state index contributed by atoms with van der Waals surface area (Å²) in [5, 5.41) is 2.44. The minimum atomic E-state index is -0.564. The lowest BCUT2D eigenvalue weighted by Gasteiger charge is -2.34. The van der Waals surface area contributed by atoms with Crippen LogP contribution in [0.3, 0.4) is 0 Å². The number of aromatic nitrogens is 4. The van der Waals surface area contributed by atoms with Gasteiger partial charge in [-0.2, -0.15) is 0 Å². The lowest BCUT2D eigenvalue weighted by atomic mass is 9.68. The average molecular weight is 821 g/mol. The zero-order valence-corrected chi connectivity index (χ0v) is 34.4. The number of para-hydroxylation sites is 3. The zero-order chi connectivity index (χ0) is 42.2. The Morgan fingerprint density at radius 2 is 0.875 bits per heavy atom. The molecule has 2 aliphatic rings. The molecule has 300 valence electrons. The van der Waals surface area contributed by atoms with Crippen molar-refractivity contribution in [3.63, 3.8) is 0 Å². The van der Waals surface area contributed by atoms with E-state index in [0.29, 0.717) is 46.0 Å². The summed E-state index contributed by atoms with van der Waals surface area (Å²) >= 11 is 0. The lowest BCUT2D eigenvalue weighted by Crippen LogP contribution is -2.28. The van der Waals surface area contributed by atoms with Crippen LogP contribution in [-0.4, -0.2) is 19.5 Å². The molecule has 0 fully saturated rings. The third kappa shape index (κ3) is 5.36. The molecular formula is C58H36N4O2. The van der Waals surface area contributed by atoms with E-state index >= 15 is 0 Å². The van der Waals surface area contributed by atoms with E-state index < -0.39 is 5.41 Å². The Balaban J connectivity index is 0.936. The van der Waals surface area contributed by atoms with Crippen LogP contribution in [0.2, 0.25) is 0 Å². The first kappa shape index (κ1) is 36.1. The van der Waals surface area contributed by atoms with Gasteiger partial charge in [0.1, 0.15) is 0 Å². The van der Waals surface area contributed by atoms with Crippen molar-refractivity contribution in [3.05, 3.63) is 241 Å². The molecule has 2 aromatic heterocycles. The molecule has 1 aliphatic heterocycles. The van der Waals surface area contributed by atoms with Gasteiger partial charge in [-0.3, -0.25) is 0 Å². The van der Waals surface area contributed by atoms with Gasteiger partial charge in [0.25, 0.3) is 0 Å². The minimum Gasteiger partial charge on any atom is -0.449 e. The number of fused-ring (bicyclic) bond motifs is 9. The summed E-state index contributed by atoms with van der Waals surface area (Å²) in [6, 6.07) is 76.0. The van der Waals surface area contributed by atoms with Gasteiger partial charge in [0.2, 0.25) is 0 Å². The van der Waals surface area contributed by atoms with Gasteiger partial charge in [-0.25, -0.2) is 15.0 Å². The van der Waals surface area contributed by atoms with Crippen LogP contribution in [0.4, 0.5) is 0 Å². The zero-order valence-electron chi connectivity index (χ0n) is 34.4. The third-order valence-corrected chi connectivity index (χ3v) is 12.8. The standard InChI is InChI=1S/C58H36N4O2/c1-4-17-37(18-5-1)55-59-56(38-31-33-41(34-32-38)62-48-28-14-11-23-42(48)43-24-12-15-29-49(43)62)61-57(60-55)45-26-16-30-50-53(45)63-51-36-35-47-52(54(51)64-50)44-25-10-13-27-46(44)58(47,39-19-6-2-7-20-39)40-21-8-3-9-22-40/h1-36H. The Bertz CT molecular complexity index is 3510. The first-order chi connectivity index (χ1) is 31.7. The van der Waals surface area contributed by atoms with Crippen LogP contribution in [0.15, 0.2) is 218 Å². The van der Waals surface area contributed by atoms with Gasteiger partial charge < -0.3 is 14.0 Å². The number of nitrogens with zero attached hydrogens (tertiary/aromatic N) is 4. The molecule has 64 heavy (non-hydrogen) atoms. The molecule has 9 aromatic carbocycles. The second-order valence-electron chi connectivity index (χ2n) is 16.3. The van der Waals surface area contributed by atoms with E-state index in [9.17, 15) is 0 Å². The van der Waals surface area contributed by atoms with Crippen molar-refractivity contribution in [2.75, 3.05) is 0 Å². The molecule has 0 N–H and O–H groups in total. The number of ether oxygens (including phenoxy) is 2. The smallest absolute Gasteiger partial charge is 0.181 e. The Morgan fingerprint density at radius 3 is 1.55 bits per heavy atom. The van der Waals surface area contributed by atoms with Crippen molar-refractivity contribution in [1.29, 1.82) is 0 Å². The molecule has 0 radical (unpaired) electrons. The van der Waals surface area contributed by atoms with Crippen molar-refractivity contribution in [3.8, 4) is 74.0 Å². The summed E-state index contributed by atoms with van der Waals surface area (Å²) in [6.07, 6.45) is 0. The van der Waals surface area contributed by atoms with Crippen molar-refractivity contribution in [2.24, 2.45) is 0 Å². The first-order valence-electron chi connectivity index (χ1n) is 21.5. The van der Waals surface area contributed by atoms with Gasteiger partial charge in [-0.15, -0.1) is 0 Å². The van der Waals surface area contributed by atoms with E-state index in [1.807, 2.05) is 54.6 Å². The fourth-order valence-electron chi connectivity index (χ4n) is 10.1. The van der Waals surface area contributed by atoms with Crippen molar-refractivity contribution in [1.82, 2.24) is 19.5 Å². The fraction of sp³-hybridized carbons (Fsp3) is 0.0172. The predicted octanol–water partition coefficient (Wildman–Crippen LogP) is 14.2. The molecule has 0 saturated heterocycles. The number of hydrogen-bond donors (Lipinski definition) is 0. The summed E-state index contributed by atoms with van der Waals surface area (Å²) in [7, 11) is 0. The monoisotopic (exact) mass is 820 g/mol. The maximum absolute atomic E-state index is 7.05. The van der Waals surface area contributed by atoms with Gasteiger partial charge in [0.05, 0.1) is 22.0 Å². The summed E-state index contributed by atoms with van der Waals surface area (Å²) in [6.45, 7) is 0. The van der Waals surface area contributed by atoms with Crippen LogP contribution in [-0.2, 0) is 5.41 Å². The van der Waals surface area contributed by atoms with Crippen LogP contribution in [0, 0.1) is 0 Å². The molecule has 13 rings (SSSR count). The maximum Gasteiger partial charge on any atom is 0.181 e. The Labute approximate surface area is 369 Å². The largest absolute Gasteiger partial charge is 0.449 e. The SMILES string of the molecule is c1ccc(-c2nc(-c3ccc(-n4c5ccccc5c5ccccc54)cc3)nc(-c3cccc4c3Oc3ccc5c(c3O4)-c3ccccc3C5(c3ccccc3)c3ccccc3)n2)cc1. The summed E-state index contributed by atoms with van der Waals surface area (Å²) < 4.78 is 16.3. The fourth-order valence-corrected chi connectivity index (χ4v) is 10.1. The quantitative estimate of drug-likeness (QED) is 0.167. The maximum atomic E-state index is 7.05. The number of benzene rings is 9. The minimum absolute atomic E-state index is 0.484. The molecule has 0 saturated carbocycles. The highest BCUT2D eigenvalue weighted by atomic mass is 16.6. The molecule has 0 unspecified atom stereocenters. The predicted molar refractivity (Wildman–Crippen MR) is 254 cm³/mol. The second-order valence-corrected chi connectivity index (χ2v) is 16.3. The van der Waals surface area contributed by atoms with Gasteiger partial charge in [-0.05, 0) is 82.4 Å². The molecule has 0 amide bonds. The van der Waals surface area contributed by atoms with E-state index in [0.717, 1.165) is 44.5 Å². The highest BCUT2D eigenvalue weighted by Crippen LogP contribution is 2.62. The number of rotatable bonds is 6. The van der Waals surface area contributed by atoms with Crippen molar-refractivity contribution >= 4 is 21.8 Å². The molecule has 3 heterocycles. The molecule has 0 spiro atoms. The van der Waals surface area contributed by atoms with Crippen molar-refractivity contribution in [2.45, 2.75) is 5.41 Å². The Kier molecular flexibility index (Phi) is 8.02. The van der Waals surface area contributed by atoms with Crippen molar-refractivity contribution < 1.29 is 9.47 Å². The van der Waals surface area contributed by atoms with Crippen LogP contribution in [0.25, 0.3) is 72.8 Å². The molecule has 1 aliphatic carbocycles. The van der Waals surface area contributed by atoms with Gasteiger partial charge in [0, 0.05) is 33.2 Å². The van der Waals surface area contributed by atoms with E-state index in [1.165, 1.54) is 27.5 Å². The van der Waals surface area contributed by atoms with Crippen LogP contribution in [0.5, 0.6) is 23.0 Å². The molecule has 0 bridgehead atoms. The van der Waals surface area contributed by atoms with E-state index in [1.54, 1.807) is 0 Å². The summed E-state index contributed by atoms with van der Waals surface area (Å²) in [4.78, 5) is 15.3. The normalized spacial score (nSPS) is 13.1. The first-order valence-corrected chi connectivity index (χ1v) is 21.5. The van der Waals surface area contributed by atoms with Gasteiger partial charge in [-0.1, -0.05) is 164 Å². The molecule has 6 heteroatoms. The van der Waals surface area contributed by atoms with Crippen LogP contribution >= 0.6 is 0 Å². The molecular weight excluding hydrogens is 785 g/mol. The lowest BCUT2D eigenvalue weighted by molar-refractivity contribution is 0.361.